The normalized spacial score (nSPS) is 20.5. The summed E-state index contributed by atoms with van der Waals surface area (Å²) in [5.74, 6) is 1.46. The zero-order valence-corrected chi connectivity index (χ0v) is 15.5. The van der Waals surface area contributed by atoms with Gasteiger partial charge in [-0.1, -0.05) is 6.92 Å². The number of piperidine rings is 1. The first-order valence-corrected chi connectivity index (χ1v) is 9.48. The summed E-state index contributed by atoms with van der Waals surface area (Å²) in [7, 11) is 0. The van der Waals surface area contributed by atoms with Crippen LogP contribution in [0, 0.1) is 12.8 Å². The Morgan fingerprint density at radius 1 is 1.40 bits per heavy atom. The van der Waals surface area contributed by atoms with Crippen molar-refractivity contribution in [1.29, 1.82) is 0 Å². The number of nitrogens with one attached hydrogen (secondary N) is 1. The summed E-state index contributed by atoms with van der Waals surface area (Å²) in [5.41, 5.74) is 1.000. The maximum absolute atomic E-state index is 12.8. The van der Waals surface area contributed by atoms with Crippen molar-refractivity contribution in [2.45, 2.75) is 45.6 Å². The third-order valence-electron chi connectivity index (χ3n) is 4.67. The van der Waals surface area contributed by atoms with Crippen molar-refractivity contribution in [3.63, 3.8) is 0 Å². The SMILES string of the molecule is Cc1nsc(NCC2C(C)CCCN2C(=O)CCc2cncnc2)n1. The van der Waals surface area contributed by atoms with Gasteiger partial charge in [0.2, 0.25) is 11.0 Å². The number of aromatic nitrogens is 4. The van der Waals surface area contributed by atoms with Crippen molar-refractivity contribution < 1.29 is 4.79 Å². The predicted molar refractivity (Wildman–Crippen MR) is 97.4 cm³/mol. The molecule has 3 rings (SSSR count). The number of likely N-dealkylation sites (tertiary alicyclic amines) is 1. The van der Waals surface area contributed by atoms with E-state index in [0.29, 0.717) is 18.8 Å². The number of anilines is 1. The van der Waals surface area contributed by atoms with Gasteiger partial charge in [-0.25, -0.2) is 15.0 Å². The van der Waals surface area contributed by atoms with Crippen LogP contribution in [0.25, 0.3) is 0 Å². The van der Waals surface area contributed by atoms with E-state index in [0.717, 1.165) is 42.5 Å². The molecule has 134 valence electrons. The molecule has 1 fully saturated rings. The lowest BCUT2D eigenvalue weighted by molar-refractivity contribution is -0.135. The molecule has 0 saturated carbocycles. The van der Waals surface area contributed by atoms with Crippen LogP contribution < -0.4 is 5.32 Å². The highest BCUT2D eigenvalue weighted by molar-refractivity contribution is 7.09. The lowest BCUT2D eigenvalue weighted by atomic mass is 9.90. The predicted octanol–water partition coefficient (Wildman–Crippen LogP) is 2.31. The van der Waals surface area contributed by atoms with Gasteiger partial charge >= 0.3 is 0 Å². The van der Waals surface area contributed by atoms with Crippen LogP contribution in [0.1, 0.15) is 37.6 Å². The first-order chi connectivity index (χ1) is 12.1. The van der Waals surface area contributed by atoms with E-state index < -0.39 is 0 Å². The standard InChI is InChI=1S/C17H24N6OS/c1-12-4-3-7-23(15(12)10-20-17-21-13(2)22-25-17)16(24)6-5-14-8-18-11-19-9-14/h8-9,11-12,15H,3-7,10H2,1-2H3,(H,20,21,22). The largest absolute Gasteiger partial charge is 0.358 e. The Bertz CT molecular complexity index is 691. The van der Waals surface area contributed by atoms with E-state index in [2.05, 4.69) is 31.6 Å². The second kappa shape index (κ2) is 8.33. The van der Waals surface area contributed by atoms with Crippen molar-refractivity contribution in [3.8, 4) is 0 Å². The van der Waals surface area contributed by atoms with Gasteiger partial charge in [0.05, 0.1) is 6.04 Å². The summed E-state index contributed by atoms with van der Waals surface area (Å²) < 4.78 is 4.19. The molecule has 1 aliphatic rings. The van der Waals surface area contributed by atoms with Gasteiger partial charge in [0, 0.05) is 43.4 Å². The number of carbonyl (C=O) groups excluding carboxylic acids is 1. The van der Waals surface area contributed by atoms with Crippen LogP contribution in [-0.4, -0.2) is 49.3 Å². The molecule has 0 aromatic carbocycles. The zero-order chi connectivity index (χ0) is 17.6. The van der Waals surface area contributed by atoms with Crippen molar-refractivity contribution >= 4 is 22.6 Å². The van der Waals surface area contributed by atoms with Gasteiger partial charge in [-0.2, -0.15) is 4.37 Å². The van der Waals surface area contributed by atoms with Gasteiger partial charge in [0.1, 0.15) is 12.2 Å². The molecule has 1 aliphatic heterocycles. The molecule has 2 atom stereocenters. The molecule has 0 radical (unpaired) electrons. The first kappa shape index (κ1) is 17.7. The van der Waals surface area contributed by atoms with E-state index in [4.69, 9.17) is 0 Å². The number of rotatable bonds is 6. The molecule has 2 unspecified atom stereocenters. The Labute approximate surface area is 152 Å². The number of nitrogens with zero attached hydrogens (tertiary/aromatic N) is 5. The fraction of sp³-hybridized carbons (Fsp3) is 0.588. The number of aryl methyl sites for hydroxylation is 2. The summed E-state index contributed by atoms with van der Waals surface area (Å²) in [4.78, 5) is 27.2. The summed E-state index contributed by atoms with van der Waals surface area (Å²) in [5, 5.41) is 4.18. The molecule has 25 heavy (non-hydrogen) atoms. The molecule has 2 aromatic rings. The quantitative estimate of drug-likeness (QED) is 0.851. The maximum atomic E-state index is 12.8. The Kier molecular flexibility index (Phi) is 5.91. The smallest absolute Gasteiger partial charge is 0.223 e. The molecule has 1 amide bonds. The van der Waals surface area contributed by atoms with E-state index in [1.807, 2.05) is 11.8 Å². The molecule has 3 heterocycles. The molecule has 7 nitrogen and oxygen atoms in total. The van der Waals surface area contributed by atoms with Gasteiger partial charge in [-0.3, -0.25) is 4.79 Å². The number of carbonyl (C=O) groups is 1. The van der Waals surface area contributed by atoms with E-state index in [9.17, 15) is 4.79 Å². The lowest BCUT2D eigenvalue weighted by Crippen LogP contribution is -2.51. The highest BCUT2D eigenvalue weighted by Crippen LogP contribution is 2.25. The average Bonchev–Trinajstić information content (AvgIpc) is 3.04. The molecule has 0 aliphatic carbocycles. The van der Waals surface area contributed by atoms with E-state index >= 15 is 0 Å². The molecular formula is C17H24N6OS. The minimum absolute atomic E-state index is 0.192. The fourth-order valence-corrected chi connectivity index (χ4v) is 3.86. The molecule has 8 heteroatoms. The minimum atomic E-state index is 0.192. The van der Waals surface area contributed by atoms with Crippen LogP contribution in [-0.2, 0) is 11.2 Å². The van der Waals surface area contributed by atoms with Gasteiger partial charge in [0.25, 0.3) is 0 Å². The van der Waals surface area contributed by atoms with Crippen molar-refractivity contribution in [1.82, 2.24) is 24.2 Å². The van der Waals surface area contributed by atoms with Crippen LogP contribution in [0.4, 0.5) is 5.13 Å². The van der Waals surface area contributed by atoms with Crippen molar-refractivity contribution in [2.24, 2.45) is 5.92 Å². The van der Waals surface area contributed by atoms with Gasteiger partial charge in [-0.15, -0.1) is 0 Å². The Hall–Kier alpha value is -2.09. The van der Waals surface area contributed by atoms with Crippen LogP contribution in [0.5, 0.6) is 0 Å². The summed E-state index contributed by atoms with van der Waals surface area (Å²) in [6.07, 6.45) is 8.45. The first-order valence-electron chi connectivity index (χ1n) is 8.71. The molecular weight excluding hydrogens is 336 g/mol. The second-order valence-electron chi connectivity index (χ2n) is 6.55. The highest BCUT2D eigenvalue weighted by atomic mass is 32.1. The Morgan fingerprint density at radius 3 is 2.92 bits per heavy atom. The fourth-order valence-electron chi connectivity index (χ4n) is 3.28. The number of amides is 1. The van der Waals surface area contributed by atoms with Crippen LogP contribution in [0.15, 0.2) is 18.7 Å². The van der Waals surface area contributed by atoms with Crippen molar-refractivity contribution in [2.75, 3.05) is 18.4 Å². The van der Waals surface area contributed by atoms with Crippen molar-refractivity contribution in [3.05, 3.63) is 30.1 Å². The van der Waals surface area contributed by atoms with Crippen LogP contribution in [0.2, 0.25) is 0 Å². The van der Waals surface area contributed by atoms with Gasteiger partial charge in [0.15, 0.2) is 0 Å². The lowest BCUT2D eigenvalue weighted by Gasteiger charge is -2.40. The summed E-state index contributed by atoms with van der Waals surface area (Å²) >= 11 is 1.37. The van der Waals surface area contributed by atoms with Crippen LogP contribution in [0.3, 0.4) is 0 Å². The van der Waals surface area contributed by atoms with E-state index in [-0.39, 0.29) is 11.9 Å². The maximum Gasteiger partial charge on any atom is 0.223 e. The third-order valence-corrected chi connectivity index (χ3v) is 5.43. The summed E-state index contributed by atoms with van der Waals surface area (Å²) in [6.45, 7) is 5.65. The average molecular weight is 360 g/mol. The molecule has 0 bridgehead atoms. The highest BCUT2D eigenvalue weighted by Gasteiger charge is 2.31. The number of hydrogen-bond donors (Lipinski definition) is 1. The van der Waals surface area contributed by atoms with Gasteiger partial charge in [-0.05, 0) is 37.7 Å². The molecule has 0 spiro atoms. The number of hydrogen-bond acceptors (Lipinski definition) is 7. The molecule has 1 saturated heterocycles. The monoisotopic (exact) mass is 360 g/mol. The summed E-state index contributed by atoms with van der Waals surface area (Å²) in [6, 6.07) is 0.192. The third kappa shape index (κ3) is 4.72. The minimum Gasteiger partial charge on any atom is -0.358 e. The second-order valence-corrected chi connectivity index (χ2v) is 7.30. The van der Waals surface area contributed by atoms with E-state index in [1.165, 1.54) is 17.9 Å². The molecule has 2 aromatic heterocycles. The Balaban J connectivity index is 1.59. The van der Waals surface area contributed by atoms with Crippen LogP contribution >= 0.6 is 11.5 Å². The van der Waals surface area contributed by atoms with E-state index in [1.54, 1.807) is 12.4 Å². The zero-order valence-electron chi connectivity index (χ0n) is 14.7. The Morgan fingerprint density at radius 2 is 2.20 bits per heavy atom. The topological polar surface area (TPSA) is 83.9 Å². The van der Waals surface area contributed by atoms with Gasteiger partial charge < -0.3 is 10.2 Å². The molecule has 1 N–H and O–H groups in total.